The molecule has 2 N–H and O–H groups in total. The third-order valence-electron chi connectivity index (χ3n) is 4.25. The van der Waals surface area contributed by atoms with Crippen LogP contribution in [0.15, 0.2) is 0 Å². The van der Waals surface area contributed by atoms with Gasteiger partial charge in [0.1, 0.15) is 0 Å². The highest BCUT2D eigenvalue weighted by Gasteiger charge is 2.35. The second-order valence-corrected chi connectivity index (χ2v) is 5.37. The van der Waals surface area contributed by atoms with Crippen molar-refractivity contribution in [2.24, 2.45) is 11.8 Å². The van der Waals surface area contributed by atoms with E-state index in [1.165, 1.54) is 45.2 Å². The van der Waals surface area contributed by atoms with Crippen molar-refractivity contribution in [2.75, 3.05) is 13.1 Å². The van der Waals surface area contributed by atoms with Crippen molar-refractivity contribution in [1.82, 2.24) is 10.6 Å². The number of hydrogen-bond acceptors (Lipinski definition) is 2. The smallest absolute Gasteiger partial charge is 0.0195 e. The molecule has 2 fully saturated rings. The third-order valence-corrected chi connectivity index (χ3v) is 4.25. The molecule has 2 rings (SSSR count). The van der Waals surface area contributed by atoms with Crippen molar-refractivity contribution in [1.29, 1.82) is 0 Å². The number of nitrogens with one attached hydrogen (secondary N) is 2. The summed E-state index contributed by atoms with van der Waals surface area (Å²) in [5, 5.41) is 7.35. The van der Waals surface area contributed by atoms with E-state index in [1.54, 1.807) is 0 Å². The molecule has 1 saturated heterocycles. The zero-order chi connectivity index (χ0) is 10.7. The summed E-state index contributed by atoms with van der Waals surface area (Å²) in [6, 6.07) is 1.58. The third kappa shape index (κ3) is 3.18. The Morgan fingerprint density at radius 3 is 2.73 bits per heavy atom. The fourth-order valence-electron chi connectivity index (χ4n) is 2.86. The van der Waals surface area contributed by atoms with Gasteiger partial charge < -0.3 is 10.6 Å². The minimum Gasteiger partial charge on any atom is -0.313 e. The first-order valence-electron chi connectivity index (χ1n) is 6.80. The van der Waals surface area contributed by atoms with E-state index in [1.807, 2.05) is 0 Å². The van der Waals surface area contributed by atoms with Crippen LogP contribution in [0.4, 0.5) is 0 Å². The molecule has 0 aromatic carbocycles. The van der Waals surface area contributed by atoms with Crippen LogP contribution in [0, 0.1) is 11.8 Å². The van der Waals surface area contributed by atoms with Crippen molar-refractivity contribution >= 4 is 0 Å². The molecule has 2 heteroatoms. The van der Waals surface area contributed by atoms with Crippen molar-refractivity contribution in [3.63, 3.8) is 0 Å². The van der Waals surface area contributed by atoms with Gasteiger partial charge in [0.2, 0.25) is 0 Å². The van der Waals surface area contributed by atoms with Gasteiger partial charge in [-0.05, 0) is 37.6 Å². The number of hydrogen-bond donors (Lipinski definition) is 2. The zero-order valence-electron chi connectivity index (χ0n) is 10.3. The van der Waals surface area contributed by atoms with Gasteiger partial charge in [0.25, 0.3) is 0 Å². The molecule has 1 saturated carbocycles. The van der Waals surface area contributed by atoms with Crippen LogP contribution in [-0.4, -0.2) is 25.2 Å². The van der Waals surface area contributed by atoms with Gasteiger partial charge in [0, 0.05) is 18.6 Å². The van der Waals surface area contributed by atoms with Crippen molar-refractivity contribution in [3.8, 4) is 0 Å². The molecule has 4 unspecified atom stereocenters. The molecule has 1 aliphatic carbocycles. The van der Waals surface area contributed by atoms with E-state index in [9.17, 15) is 0 Å². The molecule has 0 spiro atoms. The van der Waals surface area contributed by atoms with E-state index in [0.717, 1.165) is 23.9 Å². The van der Waals surface area contributed by atoms with E-state index in [0.29, 0.717) is 0 Å². The van der Waals surface area contributed by atoms with Gasteiger partial charge in [-0.15, -0.1) is 0 Å². The van der Waals surface area contributed by atoms with Gasteiger partial charge in [-0.25, -0.2) is 0 Å². The Morgan fingerprint density at radius 1 is 1.20 bits per heavy atom. The van der Waals surface area contributed by atoms with Crippen LogP contribution in [0.1, 0.15) is 46.0 Å². The van der Waals surface area contributed by atoms with E-state index in [4.69, 9.17) is 0 Å². The highest BCUT2D eigenvalue weighted by molar-refractivity contribution is 4.93. The first-order chi connectivity index (χ1) is 7.33. The molecule has 1 aliphatic heterocycles. The highest BCUT2D eigenvalue weighted by atomic mass is 15.0. The van der Waals surface area contributed by atoms with Gasteiger partial charge in [-0.1, -0.05) is 26.7 Å². The summed E-state index contributed by atoms with van der Waals surface area (Å²) in [7, 11) is 0. The molecule has 0 aromatic heterocycles. The van der Waals surface area contributed by atoms with Gasteiger partial charge in [0.15, 0.2) is 0 Å². The second kappa shape index (κ2) is 5.31. The summed E-state index contributed by atoms with van der Waals surface area (Å²) in [6.07, 6.45) is 6.90. The maximum Gasteiger partial charge on any atom is 0.0195 e. The monoisotopic (exact) mass is 210 g/mol. The molecule has 15 heavy (non-hydrogen) atoms. The maximum atomic E-state index is 3.71. The van der Waals surface area contributed by atoms with Crippen LogP contribution in [0.5, 0.6) is 0 Å². The maximum absolute atomic E-state index is 3.71. The molecule has 2 nitrogen and oxygen atoms in total. The van der Waals surface area contributed by atoms with Gasteiger partial charge in [0.05, 0.1) is 0 Å². The Labute approximate surface area is 94.2 Å². The predicted molar refractivity (Wildman–Crippen MR) is 65.0 cm³/mol. The van der Waals surface area contributed by atoms with E-state index in [-0.39, 0.29) is 0 Å². The van der Waals surface area contributed by atoms with Crippen molar-refractivity contribution in [2.45, 2.75) is 58.0 Å². The van der Waals surface area contributed by atoms with E-state index < -0.39 is 0 Å². The molecule has 2 aliphatic rings. The lowest BCUT2D eigenvalue weighted by Gasteiger charge is -2.30. The van der Waals surface area contributed by atoms with Crippen molar-refractivity contribution in [3.05, 3.63) is 0 Å². The molecular weight excluding hydrogens is 184 g/mol. The first kappa shape index (κ1) is 11.4. The summed E-state index contributed by atoms with van der Waals surface area (Å²) >= 11 is 0. The Morgan fingerprint density at radius 2 is 2.07 bits per heavy atom. The molecule has 0 radical (unpaired) electrons. The van der Waals surface area contributed by atoms with Crippen LogP contribution in [0.3, 0.4) is 0 Å². The zero-order valence-corrected chi connectivity index (χ0v) is 10.3. The molecule has 88 valence electrons. The van der Waals surface area contributed by atoms with Crippen LogP contribution in [0.2, 0.25) is 0 Å². The minimum atomic E-state index is 0.738. The second-order valence-electron chi connectivity index (χ2n) is 5.37. The van der Waals surface area contributed by atoms with E-state index >= 15 is 0 Å². The molecule has 0 aromatic rings. The molecule has 1 heterocycles. The Bertz CT molecular complexity index is 193. The standard InChI is InChI=1S/C13H26N2/c1-3-10-5-6-14-12(7-10)9-15-13-8-11(13)4-2/h10-15H,3-9H2,1-2H3. The Hall–Kier alpha value is -0.0800. The van der Waals surface area contributed by atoms with Crippen LogP contribution < -0.4 is 10.6 Å². The molecule has 0 amide bonds. The van der Waals surface area contributed by atoms with Crippen LogP contribution >= 0.6 is 0 Å². The highest BCUT2D eigenvalue weighted by Crippen LogP contribution is 2.33. The summed E-state index contributed by atoms with van der Waals surface area (Å²) in [5.41, 5.74) is 0. The summed E-state index contributed by atoms with van der Waals surface area (Å²) in [4.78, 5) is 0. The molecule has 4 atom stereocenters. The van der Waals surface area contributed by atoms with Gasteiger partial charge in [-0.3, -0.25) is 0 Å². The minimum absolute atomic E-state index is 0.738. The fraction of sp³-hybridized carbons (Fsp3) is 1.00. The first-order valence-corrected chi connectivity index (χ1v) is 6.80. The summed E-state index contributed by atoms with van der Waals surface area (Å²) in [5.74, 6) is 1.95. The molecular formula is C13H26N2. The Balaban J connectivity index is 1.62. The topological polar surface area (TPSA) is 24.1 Å². The predicted octanol–water partition coefficient (Wildman–Crippen LogP) is 2.15. The SMILES string of the molecule is CCC1CCNC(CNC2CC2CC)C1. The Kier molecular flexibility index (Phi) is 4.04. The number of rotatable bonds is 5. The quantitative estimate of drug-likeness (QED) is 0.726. The average Bonchev–Trinajstić information content (AvgIpc) is 3.05. The summed E-state index contributed by atoms with van der Waals surface area (Å²) < 4.78 is 0. The lowest BCUT2D eigenvalue weighted by Crippen LogP contribution is -2.45. The van der Waals surface area contributed by atoms with Crippen LogP contribution in [0.25, 0.3) is 0 Å². The van der Waals surface area contributed by atoms with E-state index in [2.05, 4.69) is 24.5 Å². The van der Waals surface area contributed by atoms with Crippen LogP contribution in [-0.2, 0) is 0 Å². The van der Waals surface area contributed by atoms with Gasteiger partial charge in [-0.2, -0.15) is 0 Å². The average molecular weight is 210 g/mol. The van der Waals surface area contributed by atoms with Gasteiger partial charge >= 0.3 is 0 Å². The lowest BCUT2D eigenvalue weighted by molar-refractivity contribution is 0.287. The fourth-order valence-corrected chi connectivity index (χ4v) is 2.86. The molecule has 0 bridgehead atoms. The lowest BCUT2D eigenvalue weighted by atomic mass is 9.90. The largest absolute Gasteiger partial charge is 0.313 e. The normalized spacial score (nSPS) is 40.4. The van der Waals surface area contributed by atoms with Crippen molar-refractivity contribution < 1.29 is 0 Å². The summed E-state index contributed by atoms with van der Waals surface area (Å²) in [6.45, 7) is 7.05. The number of piperidine rings is 1.